The second-order valence-electron chi connectivity index (χ2n) is 8.15. The maximum Gasteiger partial charge on any atom is 0.250 e. The molecule has 28 heavy (non-hydrogen) atoms. The van der Waals surface area contributed by atoms with Gasteiger partial charge in [0, 0.05) is 52.0 Å². The van der Waals surface area contributed by atoms with Crippen LogP contribution >= 0.6 is 0 Å². The summed E-state index contributed by atoms with van der Waals surface area (Å²) in [5, 5.41) is 0. The van der Waals surface area contributed by atoms with E-state index in [4.69, 9.17) is 4.74 Å². The molecule has 3 aliphatic heterocycles. The van der Waals surface area contributed by atoms with Gasteiger partial charge in [0.2, 0.25) is 10.0 Å². The van der Waals surface area contributed by atoms with Crippen LogP contribution in [0.4, 0.5) is 13.2 Å². The van der Waals surface area contributed by atoms with E-state index in [1.54, 1.807) is 0 Å². The van der Waals surface area contributed by atoms with Crippen molar-refractivity contribution < 1.29 is 26.3 Å². The normalized spacial score (nSPS) is 28.2. The number of likely N-dealkylation sites (tertiary alicyclic amines) is 1. The molecular formula is C19H25F3N2O3S. The lowest BCUT2D eigenvalue weighted by atomic mass is 9.81. The first-order chi connectivity index (χ1) is 13.2. The first kappa shape index (κ1) is 20.1. The topological polar surface area (TPSA) is 49.9 Å². The Bertz CT molecular complexity index is 807. The van der Waals surface area contributed by atoms with Gasteiger partial charge in [-0.05, 0) is 31.0 Å². The summed E-state index contributed by atoms with van der Waals surface area (Å²) >= 11 is 0. The van der Waals surface area contributed by atoms with Crippen molar-refractivity contribution >= 4 is 10.0 Å². The van der Waals surface area contributed by atoms with Crippen molar-refractivity contribution in [1.82, 2.24) is 9.21 Å². The minimum atomic E-state index is -3.71. The molecule has 3 saturated heterocycles. The molecule has 0 aromatic heterocycles. The minimum absolute atomic E-state index is 0.0260. The molecule has 4 rings (SSSR count). The summed E-state index contributed by atoms with van der Waals surface area (Å²) in [5.41, 5.74) is -0.307. The first-order valence-corrected chi connectivity index (χ1v) is 11.2. The maximum absolute atomic E-state index is 13.4. The fourth-order valence-corrected chi connectivity index (χ4v) is 5.92. The highest BCUT2D eigenvalue weighted by molar-refractivity contribution is 7.89. The van der Waals surface area contributed by atoms with E-state index in [0.29, 0.717) is 45.6 Å². The molecule has 1 aromatic rings. The third-order valence-electron chi connectivity index (χ3n) is 6.13. The Labute approximate surface area is 163 Å². The number of halogens is 3. The summed E-state index contributed by atoms with van der Waals surface area (Å²) in [6, 6.07) is 5.05. The average Bonchev–Trinajstić information content (AvgIpc) is 2.62. The van der Waals surface area contributed by atoms with Gasteiger partial charge in [-0.2, -0.15) is 4.31 Å². The molecule has 0 radical (unpaired) electrons. The number of sulfonamides is 1. The molecular weight excluding hydrogens is 393 g/mol. The molecule has 0 amide bonds. The predicted molar refractivity (Wildman–Crippen MR) is 97.2 cm³/mol. The highest BCUT2D eigenvalue weighted by Crippen LogP contribution is 2.43. The molecule has 3 heterocycles. The summed E-state index contributed by atoms with van der Waals surface area (Å²) in [5.74, 6) is -3.12. The van der Waals surface area contributed by atoms with Gasteiger partial charge in [0.05, 0.1) is 16.6 Å². The molecule has 3 aliphatic rings. The van der Waals surface area contributed by atoms with Gasteiger partial charge in [0.25, 0.3) is 5.92 Å². The van der Waals surface area contributed by atoms with Crippen LogP contribution in [0.15, 0.2) is 29.2 Å². The van der Waals surface area contributed by atoms with E-state index in [-0.39, 0.29) is 29.4 Å². The lowest BCUT2D eigenvalue weighted by Crippen LogP contribution is -2.60. The molecule has 0 bridgehead atoms. The van der Waals surface area contributed by atoms with Crippen LogP contribution in [0.25, 0.3) is 0 Å². The number of alkyl halides is 2. The standard InChI is InChI=1S/C19H25F3N2O3S/c20-15-2-1-3-17(12-15)28(25,26)24-10-4-18(5-11-24)13-16(27-18)14-23-8-6-19(21,22)7-9-23/h1-3,12,16H,4-11,13-14H2/t16-/m0/s1. The Hall–Kier alpha value is -1.16. The number of piperidine rings is 2. The zero-order chi connectivity index (χ0) is 20.0. The number of hydrogen-bond acceptors (Lipinski definition) is 4. The predicted octanol–water partition coefficient (Wildman–Crippen LogP) is 2.87. The molecule has 0 saturated carbocycles. The van der Waals surface area contributed by atoms with Gasteiger partial charge in [-0.25, -0.2) is 21.6 Å². The van der Waals surface area contributed by atoms with Crippen molar-refractivity contribution in [3.63, 3.8) is 0 Å². The number of benzene rings is 1. The van der Waals surface area contributed by atoms with Gasteiger partial charge in [-0.15, -0.1) is 0 Å². The molecule has 5 nitrogen and oxygen atoms in total. The van der Waals surface area contributed by atoms with Crippen LogP contribution in [-0.2, 0) is 14.8 Å². The van der Waals surface area contributed by atoms with E-state index < -0.39 is 21.8 Å². The SMILES string of the molecule is O=S(=O)(c1cccc(F)c1)N1CCC2(CC1)C[C@@H](CN1CCC(F)(F)CC1)O2. The summed E-state index contributed by atoms with van der Waals surface area (Å²) in [7, 11) is -3.71. The van der Waals surface area contributed by atoms with Crippen LogP contribution < -0.4 is 0 Å². The highest BCUT2D eigenvalue weighted by Gasteiger charge is 2.49. The van der Waals surface area contributed by atoms with Crippen molar-refractivity contribution in [2.24, 2.45) is 0 Å². The van der Waals surface area contributed by atoms with Gasteiger partial charge in [0.1, 0.15) is 5.82 Å². The van der Waals surface area contributed by atoms with E-state index in [9.17, 15) is 21.6 Å². The third kappa shape index (κ3) is 4.08. The number of rotatable bonds is 4. The molecule has 9 heteroatoms. The second-order valence-corrected chi connectivity index (χ2v) is 10.1. The van der Waals surface area contributed by atoms with Crippen LogP contribution in [0.2, 0.25) is 0 Å². The van der Waals surface area contributed by atoms with Crippen molar-refractivity contribution in [3.8, 4) is 0 Å². The summed E-state index contributed by atoms with van der Waals surface area (Å²) in [4.78, 5) is 2.00. The fraction of sp³-hybridized carbons (Fsp3) is 0.684. The van der Waals surface area contributed by atoms with Gasteiger partial charge in [0.15, 0.2) is 0 Å². The first-order valence-electron chi connectivity index (χ1n) is 9.71. The van der Waals surface area contributed by atoms with E-state index in [0.717, 1.165) is 12.5 Å². The summed E-state index contributed by atoms with van der Waals surface area (Å²) in [6.45, 7) is 2.10. The second kappa shape index (κ2) is 7.27. The van der Waals surface area contributed by atoms with E-state index in [1.807, 2.05) is 4.90 Å². The largest absolute Gasteiger partial charge is 0.370 e. The van der Waals surface area contributed by atoms with Crippen LogP contribution in [0.1, 0.15) is 32.1 Å². The van der Waals surface area contributed by atoms with Crippen LogP contribution in [-0.4, -0.2) is 68.0 Å². The smallest absolute Gasteiger partial charge is 0.250 e. The van der Waals surface area contributed by atoms with Crippen LogP contribution in [0.3, 0.4) is 0 Å². The summed E-state index contributed by atoms with van der Waals surface area (Å²) in [6.07, 6.45) is 1.84. The molecule has 1 aromatic carbocycles. The Morgan fingerprint density at radius 3 is 2.32 bits per heavy atom. The molecule has 0 unspecified atom stereocenters. The fourth-order valence-electron chi connectivity index (χ4n) is 4.44. The lowest BCUT2D eigenvalue weighted by molar-refractivity contribution is -0.228. The average molecular weight is 418 g/mol. The van der Waals surface area contributed by atoms with E-state index in [2.05, 4.69) is 0 Å². The Morgan fingerprint density at radius 2 is 1.71 bits per heavy atom. The Balaban J connectivity index is 1.27. The summed E-state index contributed by atoms with van der Waals surface area (Å²) < 4.78 is 72.7. The Kier molecular flexibility index (Phi) is 5.22. The molecule has 0 aliphatic carbocycles. The maximum atomic E-state index is 13.4. The zero-order valence-corrected chi connectivity index (χ0v) is 16.4. The zero-order valence-electron chi connectivity index (χ0n) is 15.6. The van der Waals surface area contributed by atoms with Crippen LogP contribution in [0.5, 0.6) is 0 Å². The number of nitrogens with zero attached hydrogens (tertiary/aromatic N) is 2. The van der Waals surface area contributed by atoms with Gasteiger partial charge >= 0.3 is 0 Å². The van der Waals surface area contributed by atoms with Crippen molar-refractivity contribution in [2.45, 2.75) is 54.6 Å². The van der Waals surface area contributed by atoms with Gasteiger partial charge < -0.3 is 9.64 Å². The van der Waals surface area contributed by atoms with Crippen molar-refractivity contribution in [2.75, 3.05) is 32.7 Å². The van der Waals surface area contributed by atoms with Crippen LogP contribution in [0, 0.1) is 5.82 Å². The number of hydrogen-bond donors (Lipinski definition) is 0. The molecule has 3 fully saturated rings. The van der Waals surface area contributed by atoms with E-state index in [1.165, 1.54) is 22.5 Å². The van der Waals surface area contributed by atoms with Gasteiger partial charge in [-0.3, -0.25) is 0 Å². The van der Waals surface area contributed by atoms with Gasteiger partial charge in [-0.1, -0.05) is 6.07 Å². The lowest BCUT2D eigenvalue weighted by Gasteiger charge is -2.53. The van der Waals surface area contributed by atoms with Crippen molar-refractivity contribution in [1.29, 1.82) is 0 Å². The van der Waals surface area contributed by atoms with Crippen molar-refractivity contribution in [3.05, 3.63) is 30.1 Å². The minimum Gasteiger partial charge on any atom is -0.370 e. The highest BCUT2D eigenvalue weighted by atomic mass is 32.2. The molecule has 1 spiro atoms. The molecule has 156 valence electrons. The quantitative estimate of drug-likeness (QED) is 0.755. The molecule has 1 atom stereocenters. The molecule has 0 N–H and O–H groups in total. The monoisotopic (exact) mass is 418 g/mol. The third-order valence-corrected chi connectivity index (χ3v) is 8.03. The Morgan fingerprint density at radius 1 is 1.07 bits per heavy atom. The van der Waals surface area contributed by atoms with E-state index >= 15 is 0 Å². The number of ether oxygens (including phenoxy) is 1.